The molecule has 0 radical (unpaired) electrons. The fourth-order valence-corrected chi connectivity index (χ4v) is 3.21. The van der Waals surface area contributed by atoms with E-state index in [1.54, 1.807) is 7.11 Å². The van der Waals surface area contributed by atoms with Gasteiger partial charge in [-0.15, -0.1) is 0 Å². The van der Waals surface area contributed by atoms with Gasteiger partial charge in [-0.25, -0.2) is 0 Å². The van der Waals surface area contributed by atoms with Crippen LogP contribution in [0.3, 0.4) is 0 Å². The maximum Gasteiger partial charge on any atom is 0.0601 e. The van der Waals surface area contributed by atoms with E-state index in [-0.39, 0.29) is 0 Å². The first-order valence-corrected chi connectivity index (χ1v) is 7.16. The zero-order chi connectivity index (χ0) is 12.5. The molecule has 0 heterocycles. The Morgan fingerprint density at radius 3 is 2.56 bits per heavy atom. The molecule has 0 aromatic heterocycles. The first-order chi connectivity index (χ1) is 8.74. The molecular weight excluding hydrogens is 246 g/mol. The summed E-state index contributed by atoms with van der Waals surface area (Å²) in [6.07, 6.45) is 5.33. The summed E-state index contributed by atoms with van der Waals surface area (Å²) >= 11 is 6.02. The van der Waals surface area contributed by atoms with E-state index in [1.807, 2.05) is 12.1 Å². The van der Waals surface area contributed by atoms with Crippen molar-refractivity contribution in [3.8, 4) is 0 Å². The Morgan fingerprint density at radius 1 is 1.17 bits per heavy atom. The summed E-state index contributed by atoms with van der Waals surface area (Å²) < 4.78 is 5.30. The zero-order valence-electron chi connectivity index (χ0n) is 10.7. The molecule has 0 aliphatic heterocycles. The molecule has 1 aromatic rings. The molecule has 2 aliphatic rings. The molecule has 0 bridgehead atoms. The van der Waals surface area contributed by atoms with E-state index < -0.39 is 0 Å². The number of nitrogens with one attached hydrogen (secondary N) is 1. The van der Waals surface area contributed by atoms with Crippen molar-refractivity contribution in [1.82, 2.24) is 5.32 Å². The lowest BCUT2D eigenvalue weighted by molar-refractivity contribution is 0.00999. The summed E-state index contributed by atoms with van der Waals surface area (Å²) in [6.45, 7) is 0. The van der Waals surface area contributed by atoms with Crippen molar-refractivity contribution in [3.63, 3.8) is 0 Å². The highest BCUT2D eigenvalue weighted by Gasteiger charge is 2.36. The topological polar surface area (TPSA) is 21.3 Å². The van der Waals surface area contributed by atoms with Crippen molar-refractivity contribution in [1.29, 1.82) is 0 Å². The van der Waals surface area contributed by atoms with Crippen LogP contribution in [0, 0.1) is 0 Å². The van der Waals surface area contributed by atoms with Gasteiger partial charge in [0.2, 0.25) is 0 Å². The lowest BCUT2D eigenvalue weighted by Gasteiger charge is -2.43. The predicted octanol–water partition coefficient (Wildman–Crippen LogP) is 3.35. The molecule has 0 spiro atoms. The van der Waals surface area contributed by atoms with Gasteiger partial charge >= 0.3 is 0 Å². The fourth-order valence-electron chi connectivity index (χ4n) is 3.01. The van der Waals surface area contributed by atoms with Gasteiger partial charge in [0.05, 0.1) is 6.10 Å². The Kier molecular flexibility index (Phi) is 3.60. The average Bonchev–Trinajstić information content (AvgIpc) is 2.24. The molecular formula is C15H20ClNO. The average molecular weight is 266 g/mol. The summed E-state index contributed by atoms with van der Waals surface area (Å²) in [7, 11) is 1.80. The maximum atomic E-state index is 6.02. The second-order valence-electron chi connectivity index (χ2n) is 5.61. The monoisotopic (exact) mass is 265 g/mol. The van der Waals surface area contributed by atoms with Crippen LogP contribution in [0.4, 0.5) is 0 Å². The van der Waals surface area contributed by atoms with E-state index in [2.05, 4.69) is 17.4 Å². The van der Waals surface area contributed by atoms with Crippen molar-refractivity contribution < 1.29 is 4.74 Å². The van der Waals surface area contributed by atoms with Crippen molar-refractivity contribution in [2.75, 3.05) is 7.11 Å². The van der Waals surface area contributed by atoms with Gasteiger partial charge in [0.25, 0.3) is 0 Å². The number of halogens is 1. The number of rotatable bonds is 4. The normalized spacial score (nSPS) is 34.8. The first kappa shape index (κ1) is 12.5. The third-order valence-electron chi connectivity index (χ3n) is 4.36. The second kappa shape index (κ2) is 5.20. The minimum absolute atomic E-state index is 0.492. The highest BCUT2D eigenvalue weighted by Crippen LogP contribution is 2.38. The molecule has 18 heavy (non-hydrogen) atoms. The SMILES string of the molecule is COC1CC(NC2CC(c3cccc(Cl)c3)C2)C1. The van der Waals surface area contributed by atoms with Gasteiger partial charge in [0.15, 0.2) is 0 Å². The molecule has 0 saturated heterocycles. The van der Waals surface area contributed by atoms with E-state index in [9.17, 15) is 0 Å². The highest BCUT2D eigenvalue weighted by atomic mass is 35.5. The molecule has 2 fully saturated rings. The van der Waals surface area contributed by atoms with E-state index >= 15 is 0 Å². The minimum atomic E-state index is 0.492. The van der Waals surface area contributed by atoms with Crippen molar-refractivity contribution in [3.05, 3.63) is 34.9 Å². The van der Waals surface area contributed by atoms with Crippen LogP contribution in [0.15, 0.2) is 24.3 Å². The quantitative estimate of drug-likeness (QED) is 0.901. The molecule has 0 atom stereocenters. The molecule has 2 aliphatic carbocycles. The smallest absolute Gasteiger partial charge is 0.0601 e. The van der Waals surface area contributed by atoms with Crippen molar-refractivity contribution >= 4 is 11.6 Å². The first-order valence-electron chi connectivity index (χ1n) is 6.79. The summed E-state index contributed by atoms with van der Waals surface area (Å²) in [6, 6.07) is 9.66. The molecule has 2 nitrogen and oxygen atoms in total. The molecule has 98 valence electrons. The molecule has 3 heteroatoms. The van der Waals surface area contributed by atoms with E-state index in [4.69, 9.17) is 16.3 Å². The summed E-state index contributed by atoms with van der Waals surface area (Å²) in [5, 5.41) is 4.57. The Labute approximate surface area is 114 Å². The zero-order valence-corrected chi connectivity index (χ0v) is 11.5. The minimum Gasteiger partial charge on any atom is -0.381 e. The van der Waals surface area contributed by atoms with E-state index in [0.29, 0.717) is 24.1 Å². The van der Waals surface area contributed by atoms with Crippen LogP contribution in [0.25, 0.3) is 0 Å². The molecule has 1 aromatic carbocycles. The maximum absolute atomic E-state index is 6.02. The summed E-state index contributed by atoms with van der Waals surface area (Å²) in [4.78, 5) is 0. The Hall–Kier alpha value is -0.570. The van der Waals surface area contributed by atoms with Gasteiger partial charge in [-0.3, -0.25) is 0 Å². The summed E-state index contributed by atoms with van der Waals surface area (Å²) in [5.41, 5.74) is 1.39. The van der Waals surface area contributed by atoms with Gasteiger partial charge < -0.3 is 10.1 Å². The molecule has 2 saturated carbocycles. The molecule has 0 unspecified atom stereocenters. The van der Waals surface area contributed by atoms with Crippen LogP contribution in [0.5, 0.6) is 0 Å². The largest absolute Gasteiger partial charge is 0.381 e. The van der Waals surface area contributed by atoms with Crippen LogP contribution < -0.4 is 5.32 Å². The number of benzene rings is 1. The van der Waals surface area contributed by atoms with Gasteiger partial charge in [0, 0.05) is 24.2 Å². The Morgan fingerprint density at radius 2 is 1.89 bits per heavy atom. The van der Waals surface area contributed by atoms with Gasteiger partial charge in [0.1, 0.15) is 0 Å². The van der Waals surface area contributed by atoms with Crippen molar-refractivity contribution in [2.24, 2.45) is 0 Å². The molecule has 1 N–H and O–H groups in total. The Balaban J connectivity index is 1.44. The van der Waals surface area contributed by atoms with E-state index in [0.717, 1.165) is 5.02 Å². The third kappa shape index (κ3) is 2.56. The van der Waals surface area contributed by atoms with Crippen LogP contribution >= 0.6 is 11.6 Å². The van der Waals surface area contributed by atoms with E-state index in [1.165, 1.54) is 31.2 Å². The fraction of sp³-hybridized carbons (Fsp3) is 0.600. The highest BCUT2D eigenvalue weighted by molar-refractivity contribution is 6.30. The standard InChI is InChI=1S/C15H20ClNO/c1-18-15-8-14(9-15)17-13-6-11(7-13)10-3-2-4-12(16)5-10/h2-5,11,13-15,17H,6-9H2,1H3. The predicted molar refractivity (Wildman–Crippen MR) is 74.2 cm³/mol. The summed E-state index contributed by atoms with van der Waals surface area (Å²) in [5.74, 6) is 0.694. The van der Waals surface area contributed by atoms with Crippen LogP contribution in [-0.4, -0.2) is 25.3 Å². The molecule has 3 rings (SSSR count). The van der Waals surface area contributed by atoms with Gasteiger partial charge in [-0.1, -0.05) is 23.7 Å². The number of hydrogen-bond acceptors (Lipinski definition) is 2. The van der Waals surface area contributed by atoms with Crippen LogP contribution in [0.2, 0.25) is 5.02 Å². The van der Waals surface area contributed by atoms with Crippen LogP contribution in [-0.2, 0) is 4.74 Å². The lowest BCUT2D eigenvalue weighted by Crippen LogP contribution is -2.52. The number of methoxy groups -OCH3 is 1. The lowest BCUT2D eigenvalue weighted by atomic mass is 9.74. The van der Waals surface area contributed by atoms with Crippen LogP contribution in [0.1, 0.15) is 37.2 Å². The molecule has 0 amide bonds. The Bertz CT molecular complexity index is 411. The van der Waals surface area contributed by atoms with Crippen molar-refractivity contribution in [2.45, 2.75) is 49.8 Å². The van der Waals surface area contributed by atoms with Gasteiger partial charge in [-0.2, -0.15) is 0 Å². The second-order valence-corrected chi connectivity index (χ2v) is 6.05. The third-order valence-corrected chi connectivity index (χ3v) is 4.59. The number of ether oxygens (including phenoxy) is 1. The van der Waals surface area contributed by atoms with Gasteiger partial charge in [-0.05, 0) is 49.3 Å². The number of hydrogen-bond donors (Lipinski definition) is 1.